The van der Waals surface area contributed by atoms with E-state index >= 15 is 0 Å². The largest absolute Gasteiger partial charge is 0.335 e. The van der Waals surface area contributed by atoms with Crippen molar-refractivity contribution in [1.29, 1.82) is 0 Å². The van der Waals surface area contributed by atoms with Gasteiger partial charge in [0.05, 0.1) is 5.69 Å². The lowest BCUT2D eigenvalue weighted by atomic mass is 10.2. The van der Waals surface area contributed by atoms with Crippen LogP contribution in [0.2, 0.25) is 0 Å². The van der Waals surface area contributed by atoms with Gasteiger partial charge in [-0.2, -0.15) is 5.10 Å². The third-order valence-electron chi connectivity index (χ3n) is 3.53. The Morgan fingerprint density at radius 2 is 2.10 bits per heavy atom. The molecule has 1 heterocycles. The van der Waals surface area contributed by atoms with Gasteiger partial charge in [-0.25, -0.2) is 8.42 Å². The van der Waals surface area contributed by atoms with Gasteiger partial charge in [-0.15, -0.1) is 0 Å². The van der Waals surface area contributed by atoms with Crippen molar-refractivity contribution >= 4 is 25.6 Å². The molecule has 2 rings (SSSR count). The van der Waals surface area contributed by atoms with E-state index in [4.69, 9.17) is 10.7 Å². The van der Waals surface area contributed by atoms with Crippen molar-refractivity contribution in [1.82, 2.24) is 15.1 Å². The van der Waals surface area contributed by atoms with Gasteiger partial charge >= 0.3 is 0 Å². The Balaban J connectivity index is 2.46. The highest BCUT2D eigenvalue weighted by Crippen LogP contribution is 2.43. The molecule has 0 spiro atoms. The second-order valence-electron chi connectivity index (χ2n) is 5.62. The molecule has 1 amide bonds. The molecule has 1 aliphatic carbocycles. The topological polar surface area (TPSA) is 83.1 Å². The molecular weight excluding hydrogens is 314 g/mol. The van der Waals surface area contributed by atoms with Crippen LogP contribution in [0.15, 0.2) is 4.90 Å². The number of aromatic nitrogens is 2. The van der Waals surface area contributed by atoms with Crippen LogP contribution in [-0.4, -0.2) is 42.0 Å². The Morgan fingerprint density at radius 1 is 1.48 bits per heavy atom. The number of carbonyl (C=O) groups is 1. The predicted octanol–water partition coefficient (Wildman–Crippen LogP) is 2.48. The highest BCUT2D eigenvalue weighted by atomic mass is 35.7. The van der Waals surface area contributed by atoms with Crippen LogP contribution in [0, 0.1) is 0 Å². The van der Waals surface area contributed by atoms with E-state index in [1.807, 2.05) is 20.8 Å². The van der Waals surface area contributed by atoms with E-state index in [-0.39, 0.29) is 22.5 Å². The van der Waals surface area contributed by atoms with Crippen molar-refractivity contribution in [2.75, 3.05) is 6.54 Å². The molecule has 118 valence electrons. The molecule has 1 saturated carbocycles. The Labute approximate surface area is 129 Å². The maximum atomic E-state index is 12.6. The number of carbonyl (C=O) groups excluding carboxylic acids is 1. The van der Waals surface area contributed by atoms with Crippen LogP contribution in [-0.2, 0) is 9.05 Å². The minimum atomic E-state index is -4.01. The van der Waals surface area contributed by atoms with Crippen LogP contribution in [0.4, 0.5) is 0 Å². The van der Waals surface area contributed by atoms with Crippen LogP contribution in [0.3, 0.4) is 0 Å². The molecule has 0 atom stereocenters. The minimum absolute atomic E-state index is 0.0376. The van der Waals surface area contributed by atoms with Gasteiger partial charge in [0.1, 0.15) is 4.90 Å². The second-order valence-corrected chi connectivity index (χ2v) is 8.12. The number of aromatic amines is 1. The average molecular weight is 334 g/mol. The second kappa shape index (κ2) is 5.96. The number of H-pyrrole nitrogens is 1. The molecule has 0 radical (unpaired) electrons. The van der Waals surface area contributed by atoms with Gasteiger partial charge in [-0.05, 0) is 33.1 Å². The van der Waals surface area contributed by atoms with E-state index < -0.39 is 15.0 Å². The molecule has 1 aromatic heterocycles. The lowest BCUT2D eigenvalue weighted by Crippen LogP contribution is -2.38. The summed E-state index contributed by atoms with van der Waals surface area (Å²) in [6.07, 6.45) is 2.56. The standard InChI is InChI=1S/C13H20ClN3O3S/c1-4-7-17(8(2)3)13(18)11-12(21(14,19)20)10(15-16-11)9-5-6-9/h8-9H,4-7H2,1-3H3,(H,15,16). The Hall–Kier alpha value is -1.08. The molecule has 1 aliphatic rings. The third kappa shape index (κ3) is 3.40. The van der Waals surface area contributed by atoms with E-state index in [2.05, 4.69) is 10.2 Å². The van der Waals surface area contributed by atoms with Crippen LogP contribution >= 0.6 is 10.7 Å². The molecule has 1 fully saturated rings. The molecule has 0 saturated heterocycles. The molecule has 0 bridgehead atoms. The zero-order valence-electron chi connectivity index (χ0n) is 12.4. The lowest BCUT2D eigenvalue weighted by Gasteiger charge is -2.25. The molecular formula is C13H20ClN3O3S. The fraction of sp³-hybridized carbons (Fsp3) is 0.692. The highest BCUT2D eigenvalue weighted by Gasteiger charge is 2.37. The Bertz CT molecular complexity index is 635. The van der Waals surface area contributed by atoms with Gasteiger partial charge in [0, 0.05) is 29.2 Å². The van der Waals surface area contributed by atoms with Crippen molar-refractivity contribution in [3.63, 3.8) is 0 Å². The Morgan fingerprint density at radius 3 is 2.52 bits per heavy atom. The van der Waals surface area contributed by atoms with Gasteiger partial charge < -0.3 is 4.90 Å². The van der Waals surface area contributed by atoms with Gasteiger partial charge in [0.25, 0.3) is 15.0 Å². The smallest absolute Gasteiger partial charge is 0.276 e. The molecule has 1 N–H and O–H groups in total. The minimum Gasteiger partial charge on any atom is -0.335 e. The quantitative estimate of drug-likeness (QED) is 0.811. The van der Waals surface area contributed by atoms with E-state index in [1.54, 1.807) is 4.90 Å². The van der Waals surface area contributed by atoms with Crippen LogP contribution < -0.4 is 0 Å². The monoisotopic (exact) mass is 333 g/mol. The normalized spacial score (nSPS) is 15.5. The highest BCUT2D eigenvalue weighted by molar-refractivity contribution is 8.13. The maximum Gasteiger partial charge on any atom is 0.276 e. The summed E-state index contributed by atoms with van der Waals surface area (Å²) in [4.78, 5) is 14.1. The molecule has 6 nitrogen and oxygen atoms in total. The first-order chi connectivity index (χ1) is 9.77. The summed E-state index contributed by atoms with van der Waals surface area (Å²) in [7, 11) is 1.51. The van der Waals surface area contributed by atoms with E-state index in [1.165, 1.54) is 0 Å². The van der Waals surface area contributed by atoms with E-state index in [0.717, 1.165) is 19.3 Å². The first-order valence-corrected chi connectivity index (χ1v) is 9.42. The summed E-state index contributed by atoms with van der Waals surface area (Å²) in [5.74, 6) is -0.282. The number of amides is 1. The zero-order chi connectivity index (χ0) is 15.8. The van der Waals surface area contributed by atoms with Crippen molar-refractivity contribution in [2.45, 2.75) is 56.9 Å². The number of hydrogen-bond donors (Lipinski definition) is 1. The summed E-state index contributed by atoms with van der Waals surface area (Å²) in [6, 6.07) is -0.0376. The fourth-order valence-corrected chi connectivity index (χ4v) is 3.66. The predicted molar refractivity (Wildman–Crippen MR) is 80.1 cm³/mol. The summed E-state index contributed by atoms with van der Waals surface area (Å²) in [5, 5.41) is 6.65. The average Bonchev–Trinajstić information content (AvgIpc) is 3.11. The first-order valence-electron chi connectivity index (χ1n) is 7.11. The number of nitrogens with one attached hydrogen (secondary N) is 1. The maximum absolute atomic E-state index is 12.6. The zero-order valence-corrected chi connectivity index (χ0v) is 14.0. The van der Waals surface area contributed by atoms with E-state index in [0.29, 0.717) is 12.2 Å². The van der Waals surface area contributed by atoms with Crippen LogP contribution in [0.25, 0.3) is 0 Å². The van der Waals surface area contributed by atoms with Crippen molar-refractivity contribution < 1.29 is 13.2 Å². The summed E-state index contributed by atoms with van der Waals surface area (Å²) >= 11 is 0. The lowest BCUT2D eigenvalue weighted by molar-refractivity contribution is 0.0696. The molecule has 1 aromatic rings. The fourth-order valence-electron chi connectivity index (χ4n) is 2.36. The number of rotatable bonds is 6. The summed E-state index contributed by atoms with van der Waals surface area (Å²) in [6.45, 7) is 6.28. The number of hydrogen-bond acceptors (Lipinski definition) is 4. The first kappa shape index (κ1) is 16.3. The molecule has 8 heteroatoms. The van der Waals surface area contributed by atoms with Crippen molar-refractivity contribution in [2.24, 2.45) is 0 Å². The summed E-state index contributed by atoms with van der Waals surface area (Å²) in [5.41, 5.74) is 0.377. The van der Waals surface area contributed by atoms with Gasteiger partial charge in [0.2, 0.25) is 0 Å². The van der Waals surface area contributed by atoms with E-state index in [9.17, 15) is 13.2 Å². The molecule has 0 aliphatic heterocycles. The van der Waals surface area contributed by atoms with Crippen LogP contribution in [0.1, 0.15) is 62.1 Å². The van der Waals surface area contributed by atoms with Crippen LogP contribution in [0.5, 0.6) is 0 Å². The van der Waals surface area contributed by atoms with Gasteiger partial charge in [-0.3, -0.25) is 9.89 Å². The SMILES string of the molecule is CCCN(C(=O)c1n[nH]c(C2CC2)c1S(=O)(=O)Cl)C(C)C. The molecule has 21 heavy (non-hydrogen) atoms. The van der Waals surface area contributed by atoms with Gasteiger partial charge in [0.15, 0.2) is 5.69 Å². The van der Waals surface area contributed by atoms with Crippen molar-refractivity contribution in [3.05, 3.63) is 11.4 Å². The van der Waals surface area contributed by atoms with Crippen molar-refractivity contribution in [3.8, 4) is 0 Å². The molecule has 0 unspecified atom stereocenters. The summed E-state index contributed by atoms with van der Waals surface area (Å²) < 4.78 is 23.7. The number of halogens is 1. The van der Waals surface area contributed by atoms with Gasteiger partial charge in [-0.1, -0.05) is 6.92 Å². The Kier molecular flexibility index (Phi) is 4.63. The third-order valence-corrected chi connectivity index (χ3v) is 4.89. The molecule has 0 aromatic carbocycles. The number of nitrogens with zero attached hydrogens (tertiary/aromatic N) is 2.